The molecule has 0 radical (unpaired) electrons. The number of hydrogen-bond donors (Lipinski definition) is 0. The second kappa shape index (κ2) is 10.4. The molecule has 2 heterocycles. The van der Waals surface area contributed by atoms with Crippen LogP contribution in [-0.4, -0.2) is 50.0 Å². The van der Waals surface area contributed by atoms with Crippen LogP contribution in [0, 0.1) is 41.5 Å². The summed E-state index contributed by atoms with van der Waals surface area (Å²) >= 11 is -0.636. The first kappa shape index (κ1) is 29.1. The average Bonchev–Trinajstić information content (AvgIpc) is 3.10. The Labute approximate surface area is 256 Å². The minimum absolute atomic E-state index is 0.318. The van der Waals surface area contributed by atoms with Crippen LogP contribution in [0.3, 0.4) is 0 Å². The van der Waals surface area contributed by atoms with Crippen LogP contribution in [0.1, 0.15) is 54.2 Å². The summed E-state index contributed by atoms with van der Waals surface area (Å²) < 4.78 is 5.19. The van der Waals surface area contributed by atoms with Crippen molar-refractivity contribution in [3.8, 4) is 22.3 Å². The maximum absolute atomic E-state index is 2.53. The van der Waals surface area contributed by atoms with Crippen molar-refractivity contribution in [3.63, 3.8) is 0 Å². The van der Waals surface area contributed by atoms with Crippen molar-refractivity contribution in [1.82, 2.24) is 4.57 Å². The first-order valence-corrected chi connectivity index (χ1v) is 19.4. The number of hydrogen-bond acceptors (Lipinski definition) is 0. The van der Waals surface area contributed by atoms with Crippen molar-refractivity contribution in [1.29, 1.82) is 0 Å². The van der Waals surface area contributed by atoms with Crippen molar-refractivity contribution in [2.75, 3.05) is 0 Å². The van der Waals surface area contributed by atoms with E-state index in [1.165, 1.54) is 55.6 Å². The van der Waals surface area contributed by atoms with Gasteiger partial charge in [-0.15, -0.1) is 0 Å². The van der Waals surface area contributed by atoms with E-state index < -0.39 is 1.95 Å². The van der Waals surface area contributed by atoms with Gasteiger partial charge in [0.25, 0.3) is 0 Å². The van der Waals surface area contributed by atoms with E-state index in [1.807, 2.05) is 0 Å². The van der Waals surface area contributed by atoms with Gasteiger partial charge < -0.3 is 0 Å². The van der Waals surface area contributed by atoms with E-state index in [9.17, 15) is 0 Å². The molecule has 0 unspecified atom stereocenters. The van der Waals surface area contributed by atoms with Crippen LogP contribution in [0.15, 0.2) is 54.9 Å². The summed E-state index contributed by atoms with van der Waals surface area (Å²) in [5.74, 6) is 0. The molecule has 5 rings (SSSR count). The van der Waals surface area contributed by atoms with Gasteiger partial charge in [0.15, 0.2) is 0 Å². The first-order valence-electron chi connectivity index (χ1n) is 14.1. The predicted octanol–water partition coefficient (Wildman–Crippen LogP) is 5.30. The summed E-state index contributed by atoms with van der Waals surface area (Å²) in [6, 6.07) is 16.7. The minimum atomic E-state index is -0.486. The zero-order chi connectivity index (χ0) is 28.4. The van der Waals surface area contributed by atoms with Gasteiger partial charge in [-0.3, -0.25) is 0 Å². The SMILES string of the molecule is Cc1cc(C)c(-c2cccc(-c3c(C)cc(C)cc3C)c2B2[Te][B-](c3n(C)cc[n+]3C)(C(C)(C)C)[Te]2)c(C)c1. The van der Waals surface area contributed by atoms with Crippen molar-refractivity contribution in [2.24, 2.45) is 14.1 Å². The van der Waals surface area contributed by atoms with Gasteiger partial charge in [0.05, 0.1) is 0 Å². The molecule has 0 bridgehead atoms. The molecule has 0 saturated carbocycles. The topological polar surface area (TPSA) is 8.81 Å². The molecule has 0 amide bonds. The Bertz CT molecular complexity index is 1450. The van der Waals surface area contributed by atoms with Crippen LogP contribution in [0.5, 0.6) is 0 Å². The Morgan fingerprint density at radius 1 is 0.769 bits per heavy atom. The molecule has 0 N–H and O–H groups in total. The molecule has 39 heavy (non-hydrogen) atoms. The summed E-state index contributed by atoms with van der Waals surface area (Å²) in [4.78, 5) is 0. The maximum atomic E-state index is 2.53. The van der Waals surface area contributed by atoms with Crippen molar-refractivity contribution in [3.05, 3.63) is 88.2 Å². The third-order valence-electron chi connectivity index (χ3n) is 8.58. The Morgan fingerprint density at radius 3 is 1.56 bits per heavy atom. The predicted molar refractivity (Wildman–Crippen MR) is 174 cm³/mol. The Kier molecular flexibility index (Phi) is 7.79. The van der Waals surface area contributed by atoms with Crippen LogP contribution < -0.4 is 15.8 Å². The zero-order valence-corrected chi connectivity index (χ0v) is 30.2. The number of imidazole rings is 1. The fraction of sp³-hybridized carbons (Fsp3) is 0.364. The fourth-order valence-corrected chi connectivity index (χ4v) is 24.7. The van der Waals surface area contributed by atoms with Crippen LogP contribution in [0.25, 0.3) is 22.3 Å². The zero-order valence-electron chi connectivity index (χ0n) is 25.6. The molecule has 3 aromatic carbocycles. The van der Waals surface area contributed by atoms with Gasteiger partial charge in [0, 0.05) is 0 Å². The Hall–Kier alpha value is -1.42. The molecular formula is C33H42B2N2Te2. The van der Waals surface area contributed by atoms with Gasteiger partial charge >= 0.3 is 258 Å². The molecule has 0 aliphatic carbocycles. The van der Waals surface area contributed by atoms with Crippen molar-refractivity contribution in [2.45, 2.75) is 67.6 Å². The second-order valence-electron chi connectivity index (χ2n) is 12.9. The molecular weight excluding hydrogens is 701 g/mol. The van der Waals surface area contributed by atoms with Crippen LogP contribution in [0.2, 0.25) is 5.31 Å². The summed E-state index contributed by atoms with van der Waals surface area (Å²) in [5, 5.41) is 0.325. The molecule has 1 saturated heterocycles. The summed E-state index contributed by atoms with van der Waals surface area (Å²) in [6.45, 7) is 21.3. The molecule has 1 fully saturated rings. The number of rotatable bonds is 4. The van der Waals surface area contributed by atoms with Gasteiger partial charge in [0.1, 0.15) is 0 Å². The summed E-state index contributed by atoms with van der Waals surface area (Å²) in [7, 11) is 4.55. The van der Waals surface area contributed by atoms with Crippen molar-refractivity contribution >= 4 is 56.6 Å². The number of aromatic nitrogens is 2. The van der Waals surface area contributed by atoms with Gasteiger partial charge in [-0.25, -0.2) is 0 Å². The molecule has 2 nitrogen and oxygen atoms in total. The standard InChI is InChI=1S/C33H42B2N2Te2/c1-21-17-23(3)29(24(4)18-21)27-13-12-14-28(30-25(5)19-22(2)20-26(30)6)31(27)34-38-35(39-34,33(7,8)9)32-36(10)15-16-37(32)11/h12-20H,1-11H3. The van der Waals surface area contributed by atoms with E-state index in [0.717, 1.165) is 2.51 Å². The average molecular weight is 744 g/mol. The molecule has 1 aliphatic heterocycles. The molecule has 0 atom stereocenters. The first-order chi connectivity index (χ1) is 18.2. The third kappa shape index (κ3) is 4.89. The van der Waals surface area contributed by atoms with E-state index in [4.69, 9.17) is 0 Å². The molecule has 4 aromatic rings. The number of nitrogens with zero attached hydrogens (tertiary/aromatic N) is 2. The van der Waals surface area contributed by atoms with E-state index in [0.29, 0.717) is 5.31 Å². The number of aryl methyl sites for hydroxylation is 8. The third-order valence-corrected chi connectivity index (χ3v) is 27.3. The van der Waals surface area contributed by atoms with E-state index in [2.05, 4.69) is 140 Å². The van der Waals surface area contributed by atoms with Gasteiger partial charge in [-0.1, -0.05) is 0 Å². The van der Waals surface area contributed by atoms with E-state index in [-0.39, 0.29) is 41.0 Å². The Morgan fingerprint density at radius 2 is 1.21 bits per heavy atom. The molecule has 1 aliphatic rings. The van der Waals surface area contributed by atoms with Crippen LogP contribution >= 0.6 is 0 Å². The molecule has 1 aromatic heterocycles. The van der Waals surface area contributed by atoms with E-state index in [1.54, 1.807) is 11.2 Å². The van der Waals surface area contributed by atoms with Gasteiger partial charge in [0.2, 0.25) is 0 Å². The Balaban J connectivity index is 1.77. The van der Waals surface area contributed by atoms with Crippen LogP contribution in [-0.2, 0) is 14.1 Å². The quantitative estimate of drug-likeness (QED) is 0.199. The van der Waals surface area contributed by atoms with Crippen LogP contribution in [0.4, 0.5) is 0 Å². The normalized spacial score (nSPS) is 15.0. The second-order valence-corrected chi connectivity index (χ2v) is 26.9. The summed E-state index contributed by atoms with van der Waals surface area (Å²) in [6.07, 6.45) is 4.55. The number of benzene rings is 3. The molecule has 202 valence electrons. The summed E-state index contributed by atoms with van der Waals surface area (Å²) in [5.41, 5.74) is 17.6. The van der Waals surface area contributed by atoms with E-state index >= 15 is 0 Å². The van der Waals surface area contributed by atoms with Gasteiger partial charge in [-0.2, -0.15) is 0 Å². The monoisotopic (exact) mass is 748 g/mol. The molecule has 6 heteroatoms. The van der Waals surface area contributed by atoms with Crippen molar-refractivity contribution < 1.29 is 4.57 Å². The fourth-order valence-electron chi connectivity index (χ4n) is 7.01. The molecule has 0 spiro atoms. The van der Waals surface area contributed by atoms with Gasteiger partial charge in [-0.05, 0) is 0 Å².